The largest absolute Gasteiger partial charge is 0.338 e. The molecule has 0 saturated carbocycles. The van der Waals surface area contributed by atoms with Gasteiger partial charge in [0.2, 0.25) is 5.91 Å². The van der Waals surface area contributed by atoms with Crippen LogP contribution in [0.5, 0.6) is 0 Å². The van der Waals surface area contributed by atoms with Gasteiger partial charge in [0.15, 0.2) is 0 Å². The lowest BCUT2D eigenvalue weighted by molar-refractivity contribution is -0.130. The normalized spacial score (nSPS) is 13.2. The minimum Gasteiger partial charge on any atom is -0.338 e. The molecule has 0 aliphatic rings. The highest BCUT2D eigenvalue weighted by Gasteiger charge is 2.20. The fraction of sp³-hybridized carbons (Fsp3) is 0.227. The van der Waals surface area contributed by atoms with Crippen molar-refractivity contribution in [1.29, 1.82) is 0 Å². The molecule has 1 amide bonds. The van der Waals surface area contributed by atoms with E-state index >= 15 is 0 Å². The van der Waals surface area contributed by atoms with E-state index in [0.29, 0.717) is 6.54 Å². The van der Waals surface area contributed by atoms with Gasteiger partial charge in [0, 0.05) is 11.9 Å². The number of hydrogen-bond acceptors (Lipinski definition) is 3. The first-order chi connectivity index (χ1) is 12.7. The van der Waals surface area contributed by atoms with E-state index in [4.69, 9.17) is 0 Å². The van der Waals surface area contributed by atoms with Gasteiger partial charge in [-0.25, -0.2) is 0 Å². The number of nitrogens with one attached hydrogen (secondary N) is 1. The number of rotatable bonds is 7. The van der Waals surface area contributed by atoms with Crippen LogP contribution in [0.2, 0.25) is 0 Å². The maximum Gasteiger partial charge on any atom is 0.236 e. The number of carbonyl (C=O) groups excluding carboxylic acids is 1. The Labute approximate surface area is 159 Å². The van der Waals surface area contributed by atoms with Crippen molar-refractivity contribution in [3.8, 4) is 0 Å². The molecule has 0 unspecified atom stereocenters. The Morgan fingerprint density at radius 3 is 2.15 bits per heavy atom. The van der Waals surface area contributed by atoms with E-state index in [0.717, 1.165) is 5.56 Å². The second-order valence-electron chi connectivity index (χ2n) is 6.33. The smallest absolute Gasteiger partial charge is 0.236 e. The summed E-state index contributed by atoms with van der Waals surface area (Å²) in [5.74, 6) is 0.0823. The van der Waals surface area contributed by atoms with Crippen molar-refractivity contribution in [2.24, 2.45) is 0 Å². The first kappa shape index (κ1) is 18.4. The molecular formula is C22H24N2OS. The Balaban J connectivity index is 1.68. The second kappa shape index (κ2) is 8.79. The van der Waals surface area contributed by atoms with Crippen molar-refractivity contribution in [2.75, 3.05) is 13.6 Å². The van der Waals surface area contributed by atoms with E-state index in [9.17, 15) is 4.79 Å². The van der Waals surface area contributed by atoms with E-state index in [1.807, 2.05) is 49.5 Å². The zero-order valence-electron chi connectivity index (χ0n) is 15.1. The molecule has 0 aliphatic carbocycles. The van der Waals surface area contributed by atoms with Gasteiger partial charge in [-0.1, -0.05) is 66.7 Å². The summed E-state index contributed by atoms with van der Waals surface area (Å²) < 4.78 is 0. The molecule has 3 rings (SSSR count). The molecule has 0 spiro atoms. The second-order valence-corrected chi connectivity index (χ2v) is 7.31. The molecule has 4 heteroatoms. The van der Waals surface area contributed by atoms with Crippen LogP contribution in [0, 0.1) is 0 Å². The number of amides is 1. The van der Waals surface area contributed by atoms with Crippen LogP contribution in [-0.2, 0) is 4.79 Å². The summed E-state index contributed by atoms with van der Waals surface area (Å²) in [5.41, 5.74) is 2.31. The summed E-state index contributed by atoms with van der Waals surface area (Å²) in [7, 11) is 1.87. The van der Waals surface area contributed by atoms with Crippen LogP contribution in [0.3, 0.4) is 0 Å². The van der Waals surface area contributed by atoms with Gasteiger partial charge in [0.1, 0.15) is 0 Å². The molecule has 0 saturated heterocycles. The summed E-state index contributed by atoms with van der Waals surface area (Å²) in [6.07, 6.45) is 0. The topological polar surface area (TPSA) is 32.3 Å². The van der Waals surface area contributed by atoms with Gasteiger partial charge in [-0.2, -0.15) is 0 Å². The molecule has 2 atom stereocenters. The number of hydrogen-bond donors (Lipinski definition) is 1. The number of likely N-dealkylation sites (N-methyl/N-ethyl adjacent to an activating group) is 1. The fourth-order valence-corrected chi connectivity index (χ4v) is 3.80. The molecule has 2 aromatic carbocycles. The molecule has 134 valence electrons. The third kappa shape index (κ3) is 4.40. The van der Waals surface area contributed by atoms with E-state index in [-0.39, 0.29) is 18.0 Å². The van der Waals surface area contributed by atoms with Crippen molar-refractivity contribution >= 4 is 17.2 Å². The highest BCUT2D eigenvalue weighted by molar-refractivity contribution is 7.10. The van der Waals surface area contributed by atoms with Crippen molar-refractivity contribution in [1.82, 2.24) is 10.2 Å². The average Bonchev–Trinajstić information content (AvgIpc) is 3.23. The van der Waals surface area contributed by atoms with Crippen LogP contribution in [0.15, 0.2) is 78.2 Å². The standard InChI is InChI=1S/C22H24N2OS/c1-17(18-10-5-3-6-11-18)24(2)21(25)16-23-22(20-14-9-15-26-20)19-12-7-4-8-13-19/h3-15,17,22-23H,16H2,1-2H3/t17-,22-/m1/s1. The maximum absolute atomic E-state index is 12.7. The molecule has 1 heterocycles. The summed E-state index contributed by atoms with van der Waals surface area (Å²) in [5, 5.41) is 5.51. The first-order valence-electron chi connectivity index (χ1n) is 8.79. The zero-order valence-corrected chi connectivity index (χ0v) is 15.9. The SMILES string of the molecule is C[C@H](c1ccccc1)N(C)C(=O)CN[C@H](c1ccccc1)c1cccs1. The highest BCUT2D eigenvalue weighted by atomic mass is 32.1. The third-order valence-corrected chi connectivity index (χ3v) is 5.61. The minimum atomic E-state index is 0.0283. The Bertz CT molecular complexity index is 803. The van der Waals surface area contributed by atoms with Gasteiger partial charge < -0.3 is 4.90 Å². The minimum absolute atomic E-state index is 0.0283. The molecule has 0 aliphatic heterocycles. The quantitative estimate of drug-likeness (QED) is 0.662. The van der Waals surface area contributed by atoms with Gasteiger partial charge in [0.05, 0.1) is 18.6 Å². The molecular weight excluding hydrogens is 340 g/mol. The van der Waals surface area contributed by atoms with Gasteiger partial charge in [0.25, 0.3) is 0 Å². The van der Waals surface area contributed by atoms with Crippen LogP contribution >= 0.6 is 11.3 Å². The lowest BCUT2D eigenvalue weighted by atomic mass is 10.1. The summed E-state index contributed by atoms with van der Waals surface area (Å²) >= 11 is 1.70. The molecule has 26 heavy (non-hydrogen) atoms. The molecule has 1 aromatic heterocycles. The lowest BCUT2D eigenvalue weighted by Gasteiger charge is -2.27. The summed E-state index contributed by atoms with van der Waals surface area (Å²) in [4.78, 5) is 15.7. The Morgan fingerprint density at radius 1 is 0.962 bits per heavy atom. The van der Waals surface area contributed by atoms with Crippen LogP contribution in [0.4, 0.5) is 0 Å². The monoisotopic (exact) mass is 364 g/mol. The van der Waals surface area contributed by atoms with E-state index in [1.165, 1.54) is 10.4 Å². The van der Waals surface area contributed by atoms with Crippen molar-refractivity contribution in [3.05, 3.63) is 94.2 Å². The van der Waals surface area contributed by atoms with E-state index < -0.39 is 0 Å². The number of thiophene rings is 1. The van der Waals surface area contributed by atoms with Crippen molar-refractivity contribution in [2.45, 2.75) is 19.0 Å². The van der Waals surface area contributed by atoms with Crippen LogP contribution in [0.25, 0.3) is 0 Å². The molecule has 3 nitrogen and oxygen atoms in total. The van der Waals surface area contributed by atoms with Crippen LogP contribution < -0.4 is 5.32 Å². The van der Waals surface area contributed by atoms with Gasteiger partial charge in [-0.3, -0.25) is 10.1 Å². The van der Waals surface area contributed by atoms with Crippen LogP contribution in [0.1, 0.15) is 35.0 Å². The first-order valence-corrected chi connectivity index (χ1v) is 9.67. The average molecular weight is 365 g/mol. The molecule has 0 fully saturated rings. The van der Waals surface area contributed by atoms with E-state index in [2.05, 4.69) is 48.0 Å². The molecule has 1 N–H and O–H groups in total. The van der Waals surface area contributed by atoms with Crippen LogP contribution in [-0.4, -0.2) is 24.4 Å². The zero-order chi connectivity index (χ0) is 18.4. The van der Waals surface area contributed by atoms with Crippen molar-refractivity contribution < 1.29 is 4.79 Å². The summed E-state index contributed by atoms with van der Waals surface area (Å²) in [6, 6.07) is 24.6. The van der Waals surface area contributed by atoms with E-state index in [1.54, 1.807) is 16.2 Å². The predicted octanol–water partition coefficient (Wildman–Crippen LogP) is 4.65. The Kier molecular flexibility index (Phi) is 6.21. The van der Waals surface area contributed by atoms with Gasteiger partial charge in [-0.05, 0) is 29.5 Å². The number of carbonyl (C=O) groups is 1. The molecule has 3 aromatic rings. The van der Waals surface area contributed by atoms with Gasteiger partial charge in [-0.15, -0.1) is 11.3 Å². The molecule has 0 radical (unpaired) electrons. The lowest BCUT2D eigenvalue weighted by Crippen LogP contribution is -2.38. The van der Waals surface area contributed by atoms with Gasteiger partial charge >= 0.3 is 0 Å². The van der Waals surface area contributed by atoms with Crippen molar-refractivity contribution in [3.63, 3.8) is 0 Å². The fourth-order valence-electron chi connectivity index (χ4n) is 2.97. The predicted molar refractivity (Wildman–Crippen MR) is 108 cm³/mol. The maximum atomic E-state index is 12.7. The molecule has 0 bridgehead atoms. The summed E-state index contributed by atoms with van der Waals surface area (Å²) in [6.45, 7) is 2.35. The number of nitrogens with zero attached hydrogens (tertiary/aromatic N) is 1. The highest BCUT2D eigenvalue weighted by Crippen LogP contribution is 2.26. The Morgan fingerprint density at radius 2 is 1.58 bits per heavy atom. The third-order valence-electron chi connectivity index (χ3n) is 4.67. The number of benzene rings is 2. The Hall–Kier alpha value is -2.43.